The Labute approximate surface area is 426 Å². The van der Waals surface area contributed by atoms with E-state index in [2.05, 4.69) is 270 Å². The summed E-state index contributed by atoms with van der Waals surface area (Å²) in [6.45, 7) is 34.4. The predicted molar refractivity (Wildman–Crippen MR) is 286 cm³/mol. The number of allylic oxidation sites excluding steroid dienone is 2. The molecule has 9 rings (SSSR count). The van der Waals surface area contributed by atoms with Gasteiger partial charge in [-0.15, -0.1) is 53.8 Å². The van der Waals surface area contributed by atoms with Crippen molar-refractivity contribution in [1.82, 2.24) is 9.55 Å². The van der Waals surface area contributed by atoms with E-state index in [4.69, 9.17) is 9.72 Å². The first kappa shape index (κ1) is 49.5. The van der Waals surface area contributed by atoms with Crippen LogP contribution in [0.15, 0.2) is 157 Å². The fraction of sp³-hybridized carbons (Fsp3) is 0.302. The van der Waals surface area contributed by atoms with Crippen LogP contribution in [0.3, 0.4) is 0 Å². The maximum atomic E-state index is 7.16. The van der Waals surface area contributed by atoms with E-state index in [1.54, 1.807) is 0 Å². The van der Waals surface area contributed by atoms with Gasteiger partial charge in [-0.25, -0.2) is 4.98 Å². The number of hydrogen-bond acceptors (Lipinski definition) is 4. The Kier molecular flexibility index (Phi) is 13.0. The first-order valence-corrected chi connectivity index (χ1v) is 24.1. The van der Waals surface area contributed by atoms with Crippen LogP contribution >= 0.6 is 0 Å². The van der Waals surface area contributed by atoms with Gasteiger partial charge in [0.05, 0.1) is 0 Å². The molecule has 6 aromatic carbocycles. The van der Waals surface area contributed by atoms with E-state index in [1.807, 2.05) is 6.20 Å². The number of hydrogen-bond donors (Lipinski definition) is 0. The van der Waals surface area contributed by atoms with Crippen LogP contribution in [-0.2, 0) is 37.3 Å². The first-order chi connectivity index (χ1) is 32.0. The maximum absolute atomic E-state index is 7.16. The van der Waals surface area contributed by atoms with Crippen LogP contribution in [0.5, 0.6) is 11.5 Å². The first-order valence-electron chi connectivity index (χ1n) is 24.1. The average Bonchev–Trinajstić information content (AvgIpc) is 3.87. The number of aromatic nitrogens is 2. The number of pyridine rings is 1. The molecule has 0 fully saturated rings. The molecule has 0 bridgehead atoms. The van der Waals surface area contributed by atoms with Crippen LogP contribution in [-0.4, -0.2) is 9.55 Å². The molecule has 5 nitrogen and oxygen atoms in total. The van der Waals surface area contributed by atoms with Gasteiger partial charge in [0.25, 0.3) is 0 Å². The Balaban J connectivity index is 0.00000642. The van der Waals surface area contributed by atoms with Crippen molar-refractivity contribution in [2.45, 2.75) is 113 Å². The van der Waals surface area contributed by atoms with E-state index in [9.17, 15) is 0 Å². The molecule has 2 aromatic heterocycles. The van der Waals surface area contributed by atoms with Crippen molar-refractivity contribution in [3.05, 3.63) is 198 Å². The van der Waals surface area contributed by atoms with Gasteiger partial charge in [-0.05, 0) is 68.8 Å². The van der Waals surface area contributed by atoms with Crippen molar-refractivity contribution in [1.29, 1.82) is 0 Å². The predicted octanol–water partition coefficient (Wildman–Crippen LogP) is 16.9. The zero-order chi connectivity index (χ0) is 48.6. The normalized spacial score (nSPS) is 13.9. The zero-order valence-electron chi connectivity index (χ0n) is 42.9. The Morgan fingerprint density at radius 1 is 0.507 bits per heavy atom. The number of benzene rings is 6. The third-order valence-corrected chi connectivity index (χ3v) is 13.4. The Morgan fingerprint density at radius 2 is 1.12 bits per heavy atom. The monoisotopic (exact) mass is 1090 g/mol. The molecule has 1 aliphatic heterocycles. The summed E-state index contributed by atoms with van der Waals surface area (Å²) in [6.07, 6.45) is 1.93. The van der Waals surface area contributed by atoms with Crippen LogP contribution < -0.4 is 14.5 Å². The summed E-state index contributed by atoms with van der Waals surface area (Å²) < 4.78 is 9.42. The molecule has 0 saturated heterocycles. The largest absolute Gasteiger partial charge is 0.509 e. The Hall–Kier alpha value is -5.90. The molecule has 0 spiro atoms. The minimum atomic E-state index is -0.251. The third-order valence-electron chi connectivity index (χ3n) is 13.4. The third kappa shape index (κ3) is 9.57. The van der Waals surface area contributed by atoms with Gasteiger partial charge in [-0.2, -0.15) is 0 Å². The molecule has 69 heavy (non-hydrogen) atoms. The van der Waals surface area contributed by atoms with Crippen molar-refractivity contribution < 1.29 is 25.8 Å². The Morgan fingerprint density at radius 3 is 1.77 bits per heavy atom. The number of ether oxygens (including phenoxy) is 1. The quantitative estimate of drug-likeness (QED) is 0.142. The second-order valence-electron chi connectivity index (χ2n) is 23.2. The van der Waals surface area contributed by atoms with Crippen LogP contribution in [0, 0.1) is 29.6 Å². The van der Waals surface area contributed by atoms with Gasteiger partial charge in [-0.1, -0.05) is 199 Å². The molecule has 8 aromatic rings. The summed E-state index contributed by atoms with van der Waals surface area (Å²) >= 11 is 0. The minimum absolute atomic E-state index is 0. The molecule has 6 heteroatoms. The van der Waals surface area contributed by atoms with E-state index < -0.39 is 0 Å². The van der Waals surface area contributed by atoms with Gasteiger partial charge in [-0.3, -0.25) is 0 Å². The standard InChI is InChI=1S/C63H67N4O.Pt/c1-59(2,3)45-32-33-64-55(37-45)67-53-31-22-21-30-51(53)56-52(60(4,5)6)39-50(40-54(56)67)68-49-35-43(42-24-17-15-18-25-42)34-48(38-49)66-41-65(57(61(7,8)9)58(66)62(10,11)12)47-29-23-28-46(36-47)63(13,14)44-26-19-16-20-27-44;/h15-37,39,41H,1-14H3;/q-3;. The van der Waals surface area contributed by atoms with Crippen molar-refractivity contribution in [3.63, 3.8) is 0 Å². The molecule has 3 heterocycles. The average molecular weight is 1090 g/mol. The summed E-state index contributed by atoms with van der Waals surface area (Å²) in [5, 5.41) is 2.32. The molecular formula is C63H67N4OPt-3. The topological polar surface area (TPSA) is 33.5 Å². The van der Waals surface area contributed by atoms with Crippen molar-refractivity contribution in [2.75, 3.05) is 9.80 Å². The van der Waals surface area contributed by atoms with Crippen molar-refractivity contribution in [2.24, 2.45) is 10.8 Å². The number of nitrogens with zero attached hydrogens (tertiary/aromatic N) is 4. The molecule has 0 unspecified atom stereocenters. The van der Waals surface area contributed by atoms with Crippen LogP contribution in [0.1, 0.15) is 119 Å². The molecular weight excluding hydrogens is 1020 g/mol. The number of fused-ring (bicyclic) bond motifs is 3. The smallest absolute Gasteiger partial charge is 0.135 e. The molecule has 0 saturated carbocycles. The van der Waals surface area contributed by atoms with Gasteiger partial charge < -0.3 is 19.1 Å². The fourth-order valence-corrected chi connectivity index (χ4v) is 9.84. The molecule has 1 aliphatic rings. The van der Waals surface area contributed by atoms with E-state index in [0.29, 0.717) is 11.5 Å². The summed E-state index contributed by atoms with van der Waals surface area (Å²) in [4.78, 5) is 9.75. The summed E-state index contributed by atoms with van der Waals surface area (Å²) in [5.74, 6) is 2.09. The van der Waals surface area contributed by atoms with E-state index in [0.717, 1.165) is 50.1 Å². The molecule has 0 N–H and O–H groups in total. The van der Waals surface area contributed by atoms with Gasteiger partial charge >= 0.3 is 0 Å². The summed E-state index contributed by atoms with van der Waals surface area (Å²) in [5.41, 5.74) is 12.6. The second kappa shape index (κ2) is 18.1. The maximum Gasteiger partial charge on any atom is 0.135 e. The SMILES string of the molecule is CC(C)(C)C1=C(C(C)(C)C)N(c2cccc(C(C)(C)c3ccccc3)c2)[CH-]N1c1[c-]c(Oc2[c-]c3c(c(C(C)(C)C)c2)c2ccccc2n3-c2cc(C(C)(C)C)ccn2)cc(-c2ccccc2)c1.[Pt]. The van der Waals surface area contributed by atoms with Gasteiger partial charge in [0.1, 0.15) is 5.82 Å². The Bertz CT molecular complexity index is 3190. The molecule has 358 valence electrons. The van der Waals surface area contributed by atoms with Gasteiger partial charge in [0.15, 0.2) is 0 Å². The fourth-order valence-electron chi connectivity index (χ4n) is 9.84. The van der Waals surface area contributed by atoms with Crippen molar-refractivity contribution >= 4 is 33.2 Å². The summed E-state index contributed by atoms with van der Waals surface area (Å²) in [7, 11) is 0. The van der Waals surface area contributed by atoms with Crippen LogP contribution in [0.25, 0.3) is 38.8 Å². The van der Waals surface area contributed by atoms with Crippen LogP contribution in [0.4, 0.5) is 11.4 Å². The van der Waals surface area contributed by atoms with Crippen LogP contribution in [0.2, 0.25) is 0 Å². The number of anilines is 2. The number of para-hydroxylation sites is 1. The zero-order valence-corrected chi connectivity index (χ0v) is 45.2. The van der Waals surface area contributed by atoms with Gasteiger partial charge in [0, 0.05) is 77.6 Å². The molecule has 0 amide bonds. The summed E-state index contributed by atoms with van der Waals surface area (Å²) in [6, 6.07) is 57.6. The van der Waals surface area contributed by atoms with Crippen molar-refractivity contribution in [3.8, 4) is 28.4 Å². The minimum Gasteiger partial charge on any atom is -0.509 e. The van der Waals surface area contributed by atoms with Gasteiger partial charge in [0.2, 0.25) is 0 Å². The molecule has 0 aliphatic carbocycles. The van der Waals surface area contributed by atoms with E-state index >= 15 is 0 Å². The van der Waals surface area contributed by atoms with E-state index in [1.165, 1.54) is 33.6 Å². The molecule has 0 atom stereocenters. The van der Waals surface area contributed by atoms with E-state index in [-0.39, 0.29) is 48.1 Å². The second-order valence-corrected chi connectivity index (χ2v) is 23.2. The number of rotatable bonds is 8. The molecule has 0 radical (unpaired) electrons.